The second kappa shape index (κ2) is 8.93. The number of nitrogens with one attached hydrogen (secondary N) is 1. The largest absolute Gasteiger partial charge is 0.416 e. The van der Waals surface area contributed by atoms with Gasteiger partial charge in [-0.2, -0.15) is 18.4 Å². The maximum Gasteiger partial charge on any atom is 0.416 e. The van der Waals surface area contributed by atoms with E-state index >= 15 is 0 Å². The maximum atomic E-state index is 13.4. The van der Waals surface area contributed by atoms with E-state index in [0.717, 1.165) is 55.4 Å². The third-order valence-electron chi connectivity index (χ3n) is 7.46. The highest BCUT2D eigenvalue weighted by molar-refractivity contribution is 5.93. The lowest BCUT2D eigenvalue weighted by molar-refractivity contribution is -0.137. The highest BCUT2D eigenvalue weighted by Gasteiger charge is 2.34. The SMILES string of the molecule is Cc1nc(N[C@H](C)c2cc(N)cc(C(F)(F)F)c2)c2cc([C@H](C)N3CC(C#N)C3)c3c(c2n1)CCC3. The molecule has 1 fully saturated rings. The number of nitrogen functional groups attached to an aromatic ring is 1. The molecule has 1 aromatic heterocycles. The van der Waals surface area contributed by atoms with E-state index in [1.54, 1.807) is 13.0 Å². The van der Waals surface area contributed by atoms with Crippen LogP contribution in [0, 0.1) is 24.2 Å². The molecule has 1 saturated heterocycles. The number of fused-ring (bicyclic) bond motifs is 3. The highest BCUT2D eigenvalue weighted by Crippen LogP contribution is 2.41. The van der Waals surface area contributed by atoms with Crippen molar-refractivity contribution >= 4 is 22.4 Å². The van der Waals surface area contributed by atoms with Crippen LogP contribution in [0.25, 0.3) is 10.9 Å². The van der Waals surface area contributed by atoms with Crippen LogP contribution < -0.4 is 11.1 Å². The summed E-state index contributed by atoms with van der Waals surface area (Å²) in [5, 5.41) is 13.4. The number of nitrogens with zero attached hydrogens (tertiary/aromatic N) is 4. The van der Waals surface area contributed by atoms with Gasteiger partial charge in [-0.3, -0.25) is 4.90 Å². The molecule has 0 unspecified atom stereocenters. The number of alkyl halides is 3. The number of benzene rings is 2. The summed E-state index contributed by atoms with van der Waals surface area (Å²) in [6.07, 6.45) is -1.50. The van der Waals surface area contributed by atoms with Crippen molar-refractivity contribution in [2.24, 2.45) is 5.92 Å². The van der Waals surface area contributed by atoms with E-state index in [1.807, 2.05) is 6.92 Å². The minimum atomic E-state index is -4.48. The Morgan fingerprint density at radius 2 is 1.83 bits per heavy atom. The Morgan fingerprint density at radius 3 is 2.53 bits per heavy atom. The highest BCUT2D eigenvalue weighted by atomic mass is 19.4. The topological polar surface area (TPSA) is 90.9 Å². The van der Waals surface area contributed by atoms with E-state index < -0.39 is 17.8 Å². The van der Waals surface area contributed by atoms with Crippen LogP contribution in [-0.2, 0) is 19.0 Å². The van der Waals surface area contributed by atoms with Gasteiger partial charge in [0.2, 0.25) is 0 Å². The molecule has 0 spiro atoms. The van der Waals surface area contributed by atoms with Gasteiger partial charge in [0, 0.05) is 30.2 Å². The molecule has 2 heterocycles. The van der Waals surface area contributed by atoms with Crippen LogP contribution in [0.1, 0.15) is 66.0 Å². The van der Waals surface area contributed by atoms with E-state index in [2.05, 4.69) is 34.3 Å². The third-order valence-corrected chi connectivity index (χ3v) is 7.46. The monoisotopic (exact) mass is 494 g/mol. The first-order valence-corrected chi connectivity index (χ1v) is 12.3. The molecule has 0 amide bonds. The molecule has 3 N–H and O–H groups in total. The van der Waals surface area contributed by atoms with Crippen molar-refractivity contribution in [3.8, 4) is 6.07 Å². The first-order valence-electron chi connectivity index (χ1n) is 12.3. The molecule has 2 aromatic carbocycles. The molecule has 188 valence electrons. The number of aromatic nitrogens is 2. The van der Waals surface area contributed by atoms with Crippen molar-refractivity contribution in [3.05, 3.63) is 57.9 Å². The maximum absolute atomic E-state index is 13.4. The number of aryl methyl sites for hydroxylation is 2. The normalized spacial score (nSPS) is 17.9. The molecule has 1 aliphatic carbocycles. The summed E-state index contributed by atoms with van der Waals surface area (Å²) in [5.41, 5.74) is 10.2. The Morgan fingerprint density at radius 1 is 1.11 bits per heavy atom. The fourth-order valence-electron chi connectivity index (χ4n) is 5.48. The molecule has 36 heavy (non-hydrogen) atoms. The summed E-state index contributed by atoms with van der Waals surface area (Å²) in [6.45, 7) is 7.32. The summed E-state index contributed by atoms with van der Waals surface area (Å²) >= 11 is 0. The first-order chi connectivity index (χ1) is 17.0. The first kappa shape index (κ1) is 24.3. The van der Waals surface area contributed by atoms with Crippen LogP contribution in [0.3, 0.4) is 0 Å². The molecule has 6 nitrogen and oxygen atoms in total. The van der Waals surface area contributed by atoms with Gasteiger partial charge in [0.1, 0.15) is 11.6 Å². The van der Waals surface area contributed by atoms with E-state index in [0.29, 0.717) is 17.2 Å². The summed E-state index contributed by atoms with van der Waals surface area (Å²) in [5.74, 6) is 1.28. The summed E-state index contributed by atoms with van der Waals surface area (Å²) in [7, 11) is 0. The molecule has 2 aliphatic rings. The lowest BCUT2D eigenvalue weighted by Gasteiger charge is -2.41. The molecule has 5 rings (SSSR count). The van der Waals surface area contributed by atoms with E-state index in [9.17, 15) is 18.4 Å². The number of anilines is 2. The second-order valence-corrected chi connectivity index (χ2v) is 10.0. The predicted octanol–water partition coefficient (Wildman–Crippen LogP) is 5.72. The molecule has 9 heteroatoms. The van der Waals surface area contributed by atoms with Gasteiger partial charge in [0.25, 0.3) is 0 Å². The molecular weight excluding hydrogens is 465 g/mol. The zero-order chi connectivity index (χ0) is 25.8. The number of halogens is 3. The number of hydrogen-bond donors (Lipinski definition) is 2. The third kappa shape index (κ3) is 4.35. The molecule has 3 aromatic rings. The van der Waals surface area contributed by atoms with Crippen LogP contribution in [-0.4, -0.2) is 28.0 Å². The van der Waals surface area contributed by atoms with Crippen molar-refractivity contribution in [2.75, 3.05) is 24.1 Å². The molecule has 0 bridgehead atoms. The lowest BCUT2D eigenvalue weighted by Crippen LogP contribution is -2.47. The van der Waals surface area contributed by atoms with E-state index in [4.69, 9.17) is 10.7 Å². The van der Waals surface area contributed by atoms with Crippen molar-refractivity contribution in [2.45, 2.75) is 58.3 Å². The number of rotatable bonds is 5. The van der Waals surface area contributed by atoms with Crippen molar-refractivity contribution < 1.29 is 13.2 Å². The van der Waals surface area contributed by atoms with Crippen LogP contribution in [0.15, 0.2) is 24.3 Å². The molecule has 1 aliphatic heterocycles. The quantitative estimate of drug-likeness (QED) is 0.441. The van der Waals surface area contributed by atoms with Gasteiger partial charge in [-0.25, -0.2) is 9.97 Å². The molecule has 2 atom stereocenters. The van der Waals surface area contributed by atoms with Gasteiger partial charge in [-0.15, -0.1) is 0 Å². The smallest absolute Gasteiger partial charge is 0.399 e. The summed E-state index contributed by atoms with van der Waals surface area (Å²) < 4.78 is 40.1. The Balaban J connectivity index is 1.56. The number of hydrogen-bond acceptors (Lipinski definition) is 6. The predicted molar refractivity (Wildman–Crippen MR) is 133 cm³/mol. The minimum absolute atomic E-state index is 0.0661. The summed E-state index contributed by atoms with van der Waals surface area (Å²) in [4.78, 5) is 11.7. The average molecular weight is 495 g/mol. The lowest BCUT2D eigenvalue weighted by atomic mass is 9.90. The van der Waals surface area contributed by atoms with Gasteiger partial charge in [-0.05, 0) is 86.6 Å². The van der Waals surface area contributed by atoms with Crippen LogP contribution in [0.5, 0.6) is 0 Å². The fourth-order valence-corrected chi connectivity index (χ4v) is 5.48. The zero-order valence-corrected chi connectivity index (χ0v) is 20.6. The van der Waals surface area contributed by atoms with E-state index in [-0.39, 0.29) is 17.6 Å². The Kier molecular flexibility index (Phi) is 6.03. The number of nitrogens with two attached hydrogens (primary N) is 1. The summed E-state index contributed by atoms with van der Waals surface area (Å²) in [6, 6.07) is 7.80. The average Bonchev–Trinajstić information content (AvgIpc) is 3.27. The fraction of sp³-hybridized carbons (Fsp3) is 0.444. The minimum Gasteiger partial charge on any atom is -0.399 e. The van der Waals surface area contributed by atoms with Gasteiger partial charge < -0.3 is 11.1 Å². The van der Waals surface area contributed by atoms with Gasteiger partial charge >= 0.3 is 6.18 Å². The van der Waals surface area contributed by atoms with Crippen molar-refractivity contribution in [3.63, 3.8) is 0 Å². The van der Waals surface area contributed by atoms with E-state index in [1.165, 1.54) is 16.7 Å². The number of nitriles is 1. The van der Waals surface area contributed by atoms with Crippen molar-refractivity contribution in [1.82, 2.24) is 14.9 Å². The van der Waals surface area contributed by atoms with Crippen LogP contribution in [0.2, 0.25) is 0 Å². The standard InChI is InChI=1S/C27H29F3N6/c1-14(18-7-19(27(28,29)30)9-20(32)8-18)33-26-24-10-23(15(2)36-12-17(11-31)13-36)21-5-4-6-22(21)25(24)34-16(3)35-26/h7-10,14-15,17H,4-6,12-13,32H2,1-3H3,(H,33,34,35)/t14-,15+/m1/s1. The van der Waals surface area contributed by atoms with Crippen LogP contribution in [0.4, 0.5) is 24.7 Å². The number of likely N-dealkylation sites (tertiary alicyclic amines) is 1. The molecular formula is C27H29F3N6. The Labute approximate surface area is 208 Å². The van der Waals surface area contributed by atoms with Gasteiger partial charge in [-0.1, -0.05) is 0 Å². The van der Waals surface area contributed by atoms with Crippen LogP contribution >= 0.6 is 0 Å². The second-order valence-electron chi connectivity index (χ2n) is 10.0. The molecule has 0 saturated carbocycles. The van der Waals surface area contributed by atoms with Gasteiger partial charge in [0.05, 0.1) is 29.1 Å². The zero-order valence-electron chi connectivity index (χ0n) is 20.6. The Bertz CT molecular complexity index is 1370. The Hall–Kier alpha value is -3.38. The molecule has 0 radical (unpaired) electrons. The van der Waals surface area contributed by atoms with Gasteiger partial charge in [0.15, 0.2) is 0 Å². The van der Waals surface area contributed by atoms with Crippen molar-refractivity contribution in [1.29, 1.82) is 5.26 Å².